The number of amides is 2. The predicted molar refractivity (Wildman–Crippen MR) is 92.6 cm³/mol. The van der Waals surface area contributed by atoms with E-state index in [-0.39, 0.29) is 23.9 Å². The van der Waals surface area contributed by atoms with Crippen molar-refractivity contribution >= 4 is 12.0 Å². The van der Waals surface area contributed by atoms with E-state index in [9.17, 15) is 14.0 Å². The summed E-state index contributed by atoms with van der Waals surface area (Å²) >= 11 is 0. The summed E-state index contributed by atoms with van der Waals surface area (Å²) in [6.45, 7) is 6.77. The maximum atomic E-state index is 13.0. The molecule has 0 spiro atoms. The van der Waals surface area contributed by atoms with Crippen LogP contribution in [0.3, 0.4) is 0 Å². The van der Waals surface area contributed by atoms with Gasteiger partial charge in [0.2, 0.25) is 5.91 Å². The SMILES string of the molecule is CCOC(=O)N1CCN(CC(=O)N(C)C(C)c2ccc(F)cc2)CC1. The Morgan fingerprint density at radius 3 is 2.36 bits per heavy atom. The number of carbonyl (C=O) groups excluding carboxylic acids is 2. The molecule has 2 amide bonds. The molecule has 1 unspecified atom stereocenters. The minimum atomic E-state index is -0.296. The quantitative estimate of drug-likeness (QED) is 0.815. The van der Waals surface area contributed by atoms with Gasteiger partial charge in [0.15, 0.2) is 0 Å². The van der Waals surface area contributed by atoms with Crippen molar-refractivity contribution in [3.8, 4) is 0 Å². The molecule has 1 aromatic carbocycles. The summed E-state index contributed by atoms with van der Waals surface area (Å²) in [5.41, 5.74) is 0.893. The van der Waals surface area contributed by atoms with Gasteiger partial charge in [0.25, 0.3) is 0 Å². The lowest BCUT2D eigenvalue weighted by Gasteiger charge is -2.35. The van der Waals surface area contributed by atoms with Gasteiger partial charge < -0.3 is 14.5 Å². The number of likely N-dealkylation sites (N-methyl/N-ethyl adjacent to an activating group) is 1. The highest BCUT2D eigenvalue weighted by Crippen LogP contribution is 2.19. The van der Waals surface area contributed by atoms with Crippen molar-refractivity contribution in [2.75, 3.05) is 46.4 Å². The number of halogens is 1. The maximum Gasteiger partial charge on any atom is 0.409 e. The van der Waals surface area contributed by atoms with E-state index in [1.54, 1.807) is 35.9 Å². The fourth-order valence-electron chi connectivity index (χ4n) is 2.79. The van der Waals surface area contributed by atoms with Gasteiger partial charge in [0.05, 0.1) is 19.2 Å². The third-order valence-electron chi connectivity index (χ3n) is 4.58. The lowest BCUT2D eigenvalue weighted by atomic mass is 10.1. The zero-order valence-corrected chi connectivity index (χ0v) is 15.1. The van der Waals surface area contributed by atoms with Crippen LogP contribution in [0.25, 0.3) is 0 Å². The van der Waals surface area contributed by atoms with Crippen LogP contribution in [-0.2, 0) is 9.53 Å². The molecule has 138 valence electrons. The van der Waals surface area contributed by atoms with Gasteiger partial charge in [-0.25, -0.2) is 9.18 Å². The molecule has 2 rings (SSSR count). The normalized spacial score (nSPS) is 16.4. The number of hydrogen-bond acceptors (Lipinski definition) is 4. The summed E-state index contributed by atoms with van der Waals surface area (Å²) < 4.78 is 18.0. The lowest BCUT2D eigenvalue weighted by molar-refractivity contribution is -0.133. The molecule has 1 saturated heterocycles. The molecule has 0 radical (unpaired) electrons. The van der Waals surface area contributed by atoms with E-state index in [1.807, 2.05) is 11.8 Å². The molecule has 6 nitrogen and oxygen atoms in total. The Balaban J connectivity index is 1.83. The topological polar surface area (TPSA) is 53.1 Å². The van der Waals surface area contributed by atoms with Crippen molar-refractivity contribution in [3.05, 3.63) is 35.6 Å². The highest BCUT2D eigenvalue weighted by Gasteiger charge is 2.25. The minimum Gasteiger partial charge on any atom is -0.450 e. The molecule has 7 heteroatoms. The predicted octanol–water partition coefficient (Wildman–Crippen LogP) is 2.12. The Morgan fingerprint density at radius 1 is 1.20 bits per heavy atom. The number of benzene rings is 1. The second-order valence-corrected chi connectivity index (χ2v) is 6.19. The zero-order valence-electron chi connectivity index (χ0n) is 15.1. The van der Waals surface area contributed by atoms with Crippen molar-refractivity contribution in [2.24, 2.45) is 0 Å². The van der Waals surface area contributed by atoms with Crippen LogP contribution >= 0.6 is 0 Å². The number of nitrogens with zero attached hydrogens (tertiary/aromatic N) is 3. The molecule has 1 heterocycles. The molecule has 1 fully saturated rings. The van der Waals surface area contributed by atoms with Gasteiger partial charge >= 0.3 is 6.09 Å². The third kappa shape index (κ3) is 5.16. The molecule has 25 heavy (non-hydrogen) atoms. The van der Waals surface area contributed by atoms with Crippen LogP contribution in [0.15, 0.2) is 24.3 Å². The van der Waals surface area contributed by atoms with E-state index in [1.165, 1.54) is 12.1 Å². The van der Waals surface area contributed by atoms with Crippen LogP contribution in [0.1, 0.15) is 25.5 Å². The Bertz CT molecular complexity index is 586. The smallest absolute Gasteiger partial charge is 0.409 e. The maximum absolute atomic E-state index is 13.0. The van der Waals surface area contributed by atoms with E-state index in [0.717, 1.165) is 5.56 Å². The largest absolute Gasteiger partial charge is 0.450 e. The molecular weight excluding hydrogens is 325 g/mol. The number of hydrogen-bond donors (Lipinski definition) is 0. The van der Waals surface area contributed by atoms with Gasteiger partial charge in [0.1, 0.15) is 5.82 Å². The van der Waals surface area contributed by atoms with Gasteiger partial charge in [0, 0.05) is 33.2 Å². The van der Waals surface area contributed by atoms with Gasteiger partial charge in [-0.15, -0.1) is 0 Å². The van der Waals surface area contributed by atoms with Crippen molar-refractivity contribution in [1.29, 1.82) is 0 Å². The van der Waals surface area contributed by atoms with Gasteiger partial charge in [-0.3, -0.25) is 9.69 Å². The minimum absolute atomic E-state index is 0.00131. The first-order chi connectivity index (χ1) is 11.9. The van der Waals surface area contributed by atoms with E-state index < -0.39 is 0 Å². The van der Waals surface area contributed by atoms with Crippen LogP contribution in [-0.4, -0.2) is 73.1 Å². The van der Waals surface area contributed by atoms with Gasteiger partial charge in [-0.1, -0.05) is 12.1 Å². The highest BCUT2D eigenvalue weighted by atomic mass is 19.1. The summed E-state index contributed by atoms with van der Waals surface area (Å²) in [5.74, 6) is -0.286. The number of ether oxygens (including phenoxy) is 1. The zero-order chi connectivity index (χ0) is 18.4. The van der Waals surface area contributed by atoms with Crippen molar-refractivity contribution in [2.45, 2.75) is 19.9 Å². The molecule has 0 aliphatic carbocycles. The van der Waals surface area contributed by atoms with E-state index >= 15 is 0 Å². The number of rotatable bonds is 5. The molecule has 1 aromatic rings. The summed E-state index contributed by atoms with van der Waals surface area (Å²) in [6.07, 6.45) is -0.296. The molecule has 1 aliphatic rings. The van der Waals surface area contributed by atoms with Crippen LogP contribution in [0.4, 0.5) is 9.18 Å². The first kappa shape index (κ1) is 19.2. The summed E-state index contributed by atoms with van der Waals surface area (Å²) in [6, 6.07) is 6.07. The van der Waals surface area contributed by atoms with Crippen LogP contribution in [0.5, 0.6) is 0 Å². The molecule has 0 aromatic heterocycles. The number of piperazine rings is 1. The van der Waals surface area contributed by atoms with E-state index in [2.05, 4.69) is 0 Å². The fourth-order valence-corrected chi connectivity index (χ4v) is 2.79. The summed E-state index contributed by atoms with van der Waals surface area (Å²) in [5, 5.41) is 0. The van der Waals surface area contributed by atoms with Gasteiger partial charge in [-0.05, 0) is 31.5 Å². The second-order valence-electron chi connectivity index (χ2n) is 6.19. The lowest BCUT2D eigenvalue weighted by Crippen LogP contribution is -2.51. The van der Waals surface area contributed by atoms with Gasteiger partial charge in [-0.2, -0.15) is 0 Å². The van der Waals surface area contributed by atoms with Crippen molar-refractivity contribution < 1.29 is 18.7 Å². The summed E-state index contributed by atoms with van der Waals surface area (Å²) in [7, 11) is 1.76. The molecule has 0 N–H and O–H groups in total. The van der Waals surface area contributed by atoms with Crippen molar-refractivity contribution in [1.82, 2.24) is 14.7 Å². The molecule has 1 aliphatic heterocycles. The average molecular weight is 351 g/mol. The monoisotopic (exact) mass is 351 g/mol. The first-order valence-electron chi connectivity index (χ1n) is 8.57. The highest BCUT2D eigenvalue weighted by molar-refractivity contribution is 5.78. The van der Waals surface area contributed by atoms with Crippen LogP contribution in [0.2, 0.25) is 0 Å². The summed E-state index contributed by atoms with van der Waals surface area (Å²) in [4.78, 5) is 29.6. The average Bonchev–Trinajstić information content (AvgIpc) is 2.62. The van der Waals surface area contributed by atoms with E-state index in [4.69, 9.17) is 4.74 Å². The Hall–Kier alpha value is -2.15. The second kappa shape index (κ2) is 8.80. The molecule has 0 saturated carbocycles. The molecular formula is C18H26FN3O3. The fraction of sp³-hybridized carbons (Fsp3) is 0.556. The van der Waals surface area contributed by atoms with Crippen LogP contribution < -0.4 is 0 Å². The Kier molecular flexibility index (Phi) is 6.75. The van der Waals surface area contributed by atoms with Crippen LogP contribution in [0, 0.1) is 5.82 Å². The van der Waals surface area contributed by atoms with Crippen molar-refractivity contribution in [3.63, 3.8) is 0 Å². The Morgan fingerprint density at radius 2 is 1.80 bits per heavy atom. The van der Waals surface area contributed by atoms with E-state index in [0.29, 0.717) is 39.3 Å². The number of carbonyl (C=O) groups is 2. The standard InChI is InChI=1S/C18H26FN3O3/c1-4-25-18(24)22-11-9-21(10-12-22)13-17(23)20(3)14(2)15-5-7-16(19)8-6-15/h5-8,14H,4,9-13H2,1-3H3. The third-order valence-corrected chi connectivity index (χ3v) is 4.58. The first-order valence-corrected chi connectivity index (χ1v) is 8.57. The Labute approximate surface area is 148 Å². The molecule has 1 atom stereocenters. The molecule has 0 bridgehead atoms.